The first-order chi connectivity index (χ1) is 16.2. The second kappa shape index (κ2) is 9.95. The van der Waals surface area contributed by atoms with Crippen molar-refractivity contribution in [3.63, 3.8) is 0 Å². The molecular formula is C25H28F3N3O3. The number of nitrogens with one attached hydrogen (secondary N) is 1. The Morgan fingerprint density at radius 3 is 2.59 bits per heavy atom. The van der Waals surface area contributed by atoms with Gasteiger partial charge in [0.05, 0.1) is 0 Å². The molecule has 1 amide bonds. The molecule has 0 spiro atoms. The first kappa shape index (κ1) is 23.9. The van der Waals surface area contributed by atoms with E-state index in [1.807, 2.05) is 24.3 Å². The highest BCUT2D eigenvalue weighted by Crippen LogP contribution is 2.42. The van der Waals surface area contributed by atoms with E-state index < -0.39 is 11.9 Å². The number of ether oxygens (including phenoxy) is 1. The Hall–Kier alpha value is -3.23. The first-order valence-corrected chi connectivity index (χ1v) is 11.5. The summed E-state index contributed by atoms with van der Waals surface area (Å²) >= 11 is 0. The molecule has 3 aromatic rings. The minimum absolute atomic E-state index is 0.148. The van der Waals surface area contributed by atoms with E-state index in [4.69, 9.17) is 9.15 Å². The fourth-order valence-electron chi connectivity index (χ4n) is 3.66. The summed E-state index contributed by atoms with van der Waals surface area (Å²) in [5.41, 5.74) is 0.981. The third-order valence-electron chi connectivity index (χ3n) is 5.74. The summed E-state index contributed by atoms with van der Waals surface area (Å²) in [6, 6.07) is 12.2. The van der Waals surface area contributed by atoms with E-state index in [2.05, 4.69) is 24.3 Å². The number of amides is 1. The molecule has 182 valence electrons. The lowest BCUT2D eigenvalue weighted by Gasteiger charge is -2.08. The highest BCUT2D eigenvalue weighted by molar-refractivity contribution is 5.91. The second-order valence-corrected chi connectivity index (χ2v) is 8.84. The van der Waals surface area contributed by atoms with Crippen LogP contribution in [-0.4, -0.2) is 22.2 Å². The van der Waals surface area contributed by atoms with Gasteiger partial charge in [-0.1, -0.05) is 26.0 Å². The van der Waals surface area contributed by atoms with Gasteiger partial charge in [-0.2, -0.15) is 18.3 Å². The number of aromatic nitrogens is 2. The molecule has 0 unspecified atom stereocenters. The average molecular weight is 476 g/mol. The number of alkyl halides is 3. The summed E-state index contributed by atoms with van der Waals surface area (Å²) in [5, 5.41) is 6.46. The summed E-state index contributed by atoms with van der Waals surface area (Å²) in [6.07, 6.45) is -2.24. The van der Waals surface area contributed by atoms with Gasteiger partial charge >= 0.3 is 6.18 Å². The molecule has 0 bridgehead atoms. The fraction of sp³-hybridized carbons (Fsp3) is 0.440. The molecule has 6 nitrogen and oxygen atoms in total. The zero-order valence-corrected chi connectivity index (χ0v) is 19.2. The van der Waals surface area contributed by atoms with Crippen LogP contribution in [0.3, 0.4) is 0 Å². The van der Waals surface area contributed by atoms with Gasteiger partial charge in [0, 0.05) is 24.7 Å². The van der Waals surface area contributed by atoms with Crippen molar-refractivity contribution in [3.05, 3.63) is 70.9 Å². The molecule has 1 N–H and O–H groups in total. The van der Waals surface area contributed by atoms with Crippen molar-refractivity contribution in [1.29, 1.82) is 0 Å². The molecule has 2 heterocycles. The van der Waals surface area contributed by atoms with Crippen molar-refractivity contribution >= 4 is 5.91 Å². The van der Waals surface area contributed by atoms with Gasteiger partial charge in [0.15, 0.2) is 11.5 Å². The normalized spacial score (nSPS) is 13.9. The molecule has 0 aliphatic heterocycles. The second-order valence-electron chi connectivity index (χ2n) is 8.84. The lowest BCUT2D eigenvalue weighted by molar-refractivity contribution is -0.141. The monoisotopic (exact) mass is 475 g/mol. The molecule has 0 saturated heterocycles. The molecule has 1 saturated carbocycles. The lowest BCUT2D eigenvalue weighted by Crippen LogP contribution is -2.25. The van der Waals surface area contributed by atoms with Crippen molar-refractivity contribution in [3.8, 4) is 5.75 Å². The molecule has 1 fully saturated rings. The minimum Gasteiger partial charge on any atom is -0.486 e. The van der Waals surface area contributed by atoms with Gasteiger partial charge in [-0.3, -0.25) is 9.48 Å². The standard InChI is InChI=1S/C25H28F3N3O3/c1-16(2)17-6-8-19(9-7-17)33-15-20-10-11-22(34-20)24(32)29-12-3-13-31-21(18-4-5-18)14-23(30-31)25(26,27)28/h6-11,14,16,18H,3-5,12-13,15H2,1-2H3,(H,29,32). The summed E-state index contributed by atoms with van der Waals surface area (Å²) in [6.45, 7) is 5.03. The average Bonchev–Trinajstić information content (AvgIpc) is 3.36. The number of hydrogen-bond acceptors (Lipinski definition) is 4. The van der Waals surface area contributed by atoms with E-state index >= 15 is 0 Å². The number of carbonyl (C=O) groups is 1. The Bertz CT molecular complexity index is 1110. The highest BCUT2D eigenvalue weighted by atomic mass is 19.4. The van der Waals surface area contributed by atoms with E-state index in [1.165, 1.54) is 10.2 Å². The van der Waals surface area contributed by atoms with Crippen molar-refractivity contribution in [2.45, 2.75) is 64.3 Å². The molecule has 2 aromatic heterocycles. The molecule has 0 radical (unpaired) electrons. The smallest absolute Gasteiger partial charge is 0.435 e. The predicted molar refractivity (Wildman–Crippen MR) is 120 cm³/mol. The molecule has 4 rings (SSSR count). The van der Waals surface area contributed by atoms with Crippen LogP contribution >= 0.6 is 0 Å². The number of nitrogens with zero attached hydrogens (tertiary/aromatic N) is 2. The zero-order valence-electron chi connectivity index (χ0n) is 19.2. The van der Waals surface area contributed by atoms with Crippen LogP contribution in [-0.2, 0) is 19.3 Å². The molecule has 9 heteroatoms. The van der Waals surface area contributed by atoms with Crippen LogP contribution in [0.4, 0.5) is 13.2 Å². The zero-order chi connectivity index (χ0) is 24.3. The Labute approximate surface area is 196 Å². The van der Waals surface area contributed by atoms with Gasteiger partial charge in [0.2, 0.25) is 0 Å². The number of rotatable bonds is 10. The van der Waals surface area contributed by atoms with Crippen molar-refractivity contribution < 1.29 is 27.1 Å². The molecule has 1 aliphatic carbocycles. The number of furan rings is 1. The Balaban J connectivity index is 1.23. The van der Waals surface area contributed by atoms with Gasteiger partial charge in [-0.25, -0.2) is 0 Å². The third-order valence-corrected chi connectivity index (χ3v) is 5.74. The van der Waals surface area contributed by atoms with Gasteiger partial charge in [-0.05, 0) is 61.1 Å². The Morgan fingerprint density at radius 2 is 1.94 bits per heavy atom. The molecular weight excluding hydrogens is 447 g/mol. The Kier molecular flexibility index (Phi) is 7.00. The van der Waals surface area contributed by atoms with E-state index in [-0.39, 0.29) is 24.2 Å². The van der Waals surface area contributed by atoms with Crippen LogP contribution in [0.2, 0.25) is 0 Å². The van der Waals surface area contributed by atoms with Gasteiger partial charge < -0.3 is 14.5 Å². The van der Waals surface area contributed by atoms with E-state index in [1.54, 1.807) is 12.1 Å². The summed E-state index contributed by atoms with van der Waals surface area (Å²) in [4.78, 5) is 12.3. The topological polar surface area (TPSA) is 69.3 Å². The van der Waals surface area contributed by atoms with Crippen molar-refractivity contribution in [1.82, 2.24) is 15.1 Å². The van der Waals surface area contributed by atoms with Crippen molar-refractivity contribution in [2.75, 3.05) is 6.54 Å². The number of aryl methyl sites for hydroxylation is 1. The maximum atomic E-state index is 13.0. The molecule has 1 aliphatic rings. The SMILES string of the molecule is CC(C)c1ccc(OCc2ccc(C(=O)NCCCn3nc(C(F)(F)F)cc3C3CC3)o2)cc1. The number of hydrogen-bond donors (Lipinski definition) is 1. The van der Waals surface area contributed by atoms with Gasteiger partial charge in [0.25, 0.3) is 5.91 Å². The van der Waals surface area contributed by atoms with E-state index in [0.29, 0.717) is 42.6 Å². The summed E-state index contributed by atoms with van der Waals surface area (Å²) in [7, 11) is 0. The van der Waals surface area contributed by atoms with Crippen LogP contribution in [0, 0.1) is 0 Å². The third kappa shape index (κ3) is 6.01. The lowest BCUT2D eigenvalue weighted by atomic mass is 10.0. The van der Waals surface area contributed by atoms with Crippen LogP contribution in [0.5, 0.6) is 5.75 Å². The predicted octanol–water partition coefficient (Wildman–Crippen LogP) is 5.89. The number of carbonyl (C=O) groups excluding carboxylic acids is 1. The fourth-order valence-corrected chi connectivity index (χ4v) is 3.66. The van der Waals surface area contributed by atoms with Crippen LogP contribution < -0.4 is 10.1 Å². The van der Waals surface area contributed by atoms with Crippen LogP contribution in [0.25, 0.3) is 0 Å². The quantitative estimate of drug-likeness (QED) is 0.371. The van der Waals surface area contributed by atoms with E-state index in [0.717, 1.165) is 18.9 Å². The largest absolute Gasteiger partial charge is 0.486 e. The van der Waals surface area contributed by atoms with Crippen molar-refractivity contribution in [2.24, 2.45) is 0 Å². The maximum Gasteiger partial charge on any atom is 0.435 e. The maximum absolute atomic E-state index is 13.0. The minimum atomic E-state index is -4.46. The molecule has 1 aromatic carbocycles. The molecule has 34 heavy (non-hydrogen) atoms. The highest BCUT2D eigenvalue weighted by Gasteiger charge is 2.37. The Morgan fingerprint density at radius 1 is 1.21 bits per heavy atom. The van der Waals surface area contributed by atoms with Gasteiger partial charge in [0.1, 0.15) is 18.1 Å². The van der Waals surface area contributed by atoms with E-state index in [9.17, 15) is 18.0 Å². The number of benzene rings is 1. The number of halogens is 3. The van der Waals surface area contributed by atoms with Gasteiger partial charge in [-0.15, -0.1) is 0 Å². The van der Waals surface area contributed by atoms with Crippen LogP contribution in [0.1, 0.15) is 78.2 Å². The first-order valence-electron chi connectivity index (χ1n) is 11.5. The summed E-state index contributed by atoms with van der Waals surface area (Å²) < 4.78 is 51.7. The van der Waals surface area contributed by atoms with Crippen LogP contribution in [0.15, 0.2) is 46.9 Å². The summed E-state index contributed by atoms with van der Waals surface area (Å²) in [5.74, 6) is 1.60. The molecule has 0 atom stereocenters.